The van der Waals surface area contributed by atoms with Crippen molar-refractivity contribution < 1.29 is 23.8 Å². The molecule has 15 heavy (non-hydrogen) atoms. The van der Waals surface area contributed by atoms with E-state index < -0.39 is 24.3 Å². The number of carboxylic acid groups (broad SMARTS) is 1. The Morgan fingerprint density at radius 1 is 1.67 bits per heavy atom. The van der Waals surface area contributed by atoms with Crippen LogP contribution in [-0.4, -0.2) is 47.4 Å². The van der Waals surface area contributed by atoms with Crippen LogP contribution >= 0.6 is 0 Å². The van der Waals surface area contributed by atoms with Gasteiger partial charge in [0, 0.05) is 13.0 Å². The molecule has 0 aromatic carbocycles. The standard InChI is InChI=1S/C9H12FNO4/c1-2-5-15-8(14)11-4-3-9(10,6-11)7(12)13/h2H,1,3-6H2,(H,12,13). The average molecular weight is 217 g/mol. The minimum Gasteiger partial charge on any atom is -0.479 e. The van der Waals surface area contributed by atoms with Crippen molar-refractivity contribution in [3.05, 3.63) is 12.7 Å². The van der Waals surface area contributed by atoms with Crippen LogP contribution in [0.4, 0.5) is 9.18 Å². The summed E-state index contributed by atoms with van der Waals surface area (Å²) in [6.07, 6.45) is 0.468. The summed E-state index contributed by atoms with van der Waals surface area (Å²) >= 11 is 0. The minimum absolute atomic E-state index is 0.0295. The summed E-state index contributed by atoms with van der Waals surface area (Å²) in [6, 6.07) is 0. The number of carbonyl (C=O) groups is 2. The molecule has 1 heterocycles. The molecule has 0 saturated carbocycles. The van der Waals surface area contributed by atoms with Gasteiger partial charge in [0.15, 0.2) is 0 Å². The number of nitrogens with zero attached hydrogens (tertiary/aromatic N) is 1. The number of hydrogen-bond donors (Lipinski definition) is 1. The highest BCUT2D eigenvalue weighted by atomic mass is 19.1. The first-order chi connectivity index (χ1) is 6.99. The van der Waals surface area contributed by atoms with Crippen LogP contribution in [0.5, 0.6) is 0 Å². The molecule has 0 radical (unpaired) electrons. The van der Waals surface area contributed by atoms with Gasteiger partial charge in [-0.25, -0.2) is 14.0 Å². The van der Waals surface area contributed by atoms with Crippen molar-refractivity contribution in [1.29, 1.82) is 0 Å². The third-order valence-electron chi connectivity index (χ3n) is 2.19. The van der Waals surface area contributed by atoms with E-state index in [0.717, 1.165) is 4.90 Å². The lowest BCUT2D eigenvalue weighted by Crippen LogP contribution is -2.39. The smallest absolute Gasteiger partial charge is 0.410 e. The molecule has 1 N–H and O–H groups in total. The molecule has 84 valence electrons. The van der Waals surface area contributed by atoms with Crippen molar-refractivity contribution in [2.45, 2.75) is 12.1 Å². The number of aliphatic carboxylic acids is 1. The number of halogens is 1. The van der Waals surface area contributed by atoms with E-state index in [1.807, 2.05) is 0 Å². The predicted molar refractivity (Wildman–Crippen MR) is 49.2 cm³/mol. The van der Waals surface area contributed by atoms with Gasteiger partial charge in [0.25, 0.3) is 0 Å². The maximum atomic E-state index is 13.5. The van der Waals surface area contributed by atoms with E-state index in [1.165, 1.54) is 6.08 Å². The quantitative estimate of drug-likeness (QED) is 0.710. The van der Waals surface area contributed by atoms with E-state index in [4.69, 9.17) is 5.11 Å². The van der Waals surface area contributed by atoms with Crippen molar-refractivity contribution in [1.82, 2.24) is 4.90 Å². The molecule has 1 aliphatic rings. The monoisotopic (exact) mass is 217 g/mol. The molecule has 1 amide bonds. The molecular weight excluding hydrogens is 205 g/mol. The van der Waals surface area contributed by atoms with E-state index in [-0.39, 0.29) is 19.6 Å². The van der Waals surface area contributed by atoms with Gasteiger partial charge >= 0.3 is 12.1 Å². The fourth-order valence-corrected chi connectivity index (χ4v) is 1.32. The molecule has 0 bridgehead atoms. The molecule has 0 aliphatic carbocycles. The Bertz CT molecular complexity index is 294. The molecular formula is C9H12FNO4. The number of alkyl halides is 1. The highest BCUT2D eigenvalue weighted by molar-refractivity contribution is 5.80. The first kappa shape index (κ1) is 11.5. The van der Waals surface area contributed by atoms with Gasteiger partial charge in [-0.2, -0.15) is 0 Å². The van der Waals surface area contributed by atoms with Crippen molar-refractivity contribution in [2.24, 2.45) is 0 Å². The van der Waals surface area contributed by atoms with Gasteiger partial charge in [0.2, 0.25) is 5.67 Å². The van der Waals surface area contributed by atoms with Crippen LogP contribution in [0.1, 0.15) is 6.42 Å². The summed E-state index contributed by atoms with van der Waals surface area (Å²) in [5.74, 6) is -1.54. The summed E-state index contributed by atoms with van der Waals surface area (Å²) < 4.78 is 18.2. The van der Waals surface area contributed by atoms with Gasteiger partial charge in [-0.15, -0.1) is 0 Å². The van der Waals surface area contributed by atoms with Crippen LogP contribution in [0.25, 0.3) is 0 Å². The highest BCUT2D eigenvalue weighted by Crippen LogP contribution is 2.26. The van der Waals surface area contributed by atoms with E-state index >= 15 is 0 Å². The maximum Gasteiger partial charge on any atom is 0.410 e. The van der Waals surface area contributed by atoms with Crippen LogP contribution in [0.2, 0.25) is 0 Å². The molecule has 1 fully saturated rings. The zero-order valence-electron chi connectivity index (χ0n) is 8.11. The Labute approximate surface area is 86.1 Å². The zero-order chi connectivity index (χ0) is 11.5. The molecule has 1 rings (SSSR count). The van der Waals surface area contributed by atoms with Gasteiger partial charge in [-0.3, -0.25) is 0 Å². The van der Waals surface area contributed by atoms with Crippen LogP contribution < -0.4 is 0 Å². The Morgan fingerprint density at radius 3 is 2.80 bits per heavy atom. The van der Waals surface area contributed by atoms with Crippen molar-refractivity contribution in [2.75, 3.05) is 19.7 Å². The Morgan fingerprint density at radius 2 is 2.33 bits per heavy atom. The predicted octanol–water partition coefficient (Wildman–Crippen LogP) is 0.808. The van der Waals surface area contributed by atoms with Crippen LogP contribution in [0.15, 0.2) is 12.7 Å². The molecule has 0 aromatic rings. The number of carboxylic acids is 1. The normalized spacial score (nSPS) is 25.0. The van der Waals surface area contributed by atoms with Crippen LogP contribution in [0, 0.1) is 0 Å². The maximum absolute atomic E-state index is 13.5. The summed E-state index contributed by atoms with van der Waals surface area (Å²) in [4.78, 5) is 22.8. The average Bonchev–Trinajstić information content (AvgIpc) is 2.59. The van der Waals surface area contributed by atoms with Crippen LogP contribution in [0.3, 0.4) is 0 Å². The third kappa shape index (κ3) is 2.45. The van der Waals surface area contributed by atoms with Crippen molar-refractivity contribution in [3.63, 3.8) is 0 Å². The first-order valence-electron chi connectivity index (χ1n) is 4.44. The third-order valence-corrected chi connectivity index (χ3v) is 2.19. The summed E-state index contributed by atoms with van der Waals surface area (Å²) in [6.45, 7) is 2.98. The van der Waals surface area contributed by atoms with E-state index in [2.05, 4.69) is 11.3 Å². The molecule has 6 heteroatoms. The molecule has 0 spiro atoms. The van der Waals surface area contributed by atoms with Gasteiger partial charge in [0.1, 0.15) is 6.61 Å². The number of amides is 1. The van der Waals surface area contributed by atoms with Gasteiger partial charge in [0.05, 0.1) is 6.54 Å². The number of ether oxygens (including phenoxy) is 1. The minimum atomic E-state index is -2.34. The van der Waals surface area contributed by atoms with E-state index in [9.17, 15) is 14.0 Å². The molecule has 1 aliphatic heterocycles. The summed E-state index contributed by atoms with van der Waals surface area (Å²) in [5.41, 5.74) is -2.34. The molecule has 0 aromatic heterocycles. The Hall–Kier alpha value is -1.59. The molecule has 5 nitrogen and oxygen atoms in total. The molecule has 1 saturated heterocycles. The Kier molecular flexibility index (Phi) is 3.28. The molecule has 1 atom stereocenters. The zero-order valence-corrected chi connectivity index (χ0v) is 8.11. The Balaban J connectivity index is 2.52. The van der Waals surface area contributed by atoms with Crippen LogP contribution in [-0.2, 0) is 9.53 Å². The summed E-state index contributed by atoms with van der Waals surface area (Å²) in [7, 11) is 0. The molecule has 1 unspecified atom stereocenters. The lowest BCUT2D eigenvalue weighted by Gasteiger charge is -2.16. The fraction of sp³-hybridized carbons (Fsp3) is 0.556. The van der Waals surface area contributed by atoms with Gasteiger partial charge < -0.3 is 14.7 Å². The number of likely N-dealkylation sites (tertiary alicyclic amines) is 1. The number of hydrogen-bond acceptors (Lipinski definition) is 3. The van der Waals surface area contributed by atoms with Gasteiger partial charge in [-0.05, 0) is 0 Å². The lowest BCUT2D eigenvalue weighted by atomic mass is 10.1. The van der Waals surface area contributed by atoms with Crippen molar-refractivity contribution >= 4 is 12.1 Å². The van der Waals surface area contributed by atoms with E-state index in [0.29, 0.717) is 0 Å². The second kappa shape index (κ2) is 4.29. The SMILES string of the molecule is C=CCOC(=O)N1CCC(F)(C(=O)O)C1. The first-order valence-corrected chi connectivity index (χ1v) is 4.44. The number of rotatable bonds is 3. The second-order valence-electron chi connectivity index (χ2n) is 3.31. The fourth-order valence-electron chi connectivity index (χ4n) is 1.32. The number of carbonyl (C=O) groups excluding carboxylic acids is 1. The highest BCUT2D eigenvalue weighted by Gasteiger charge is 2.47. The van der Waals surface area contributed by atoms with Crippen molar-refractivity contribution in [3.8, 4) is 0 Å². The largest absolute Gasteiger partial charge is 0.479 e. The topological polar surface area (TPSA) is 66.8 Å². The second-order valence-corrected chi connectivity index (χ2v) is 3.31. The van der Waals surface area contributed by atoms with E-state index in [1.54, 1.807) is 0 Å². The summed E-state index contributed by atoms with van der Waals surface area (Å²) in [5, 5.41) is 8.58. The lowest BCUT2D eigenvalue weighted by molar-refractivity contribution is -0.149. The van der Waals surface area contributed by atoms with Gasteiger partial charge in [-0.1, -0.05) is 12.7 Å².